The molecule has 0 aromatic carbocycles. The summed E-state index contributed by atoms with van der Waals surface area (Å²) in [6.07, 6.45) is 4.10. The summed E-state index contributed by atoms with van der Waals surface area (Å²) in [5.41, 5.74) is 1.55. The number of H-pyrrole nitrogens is 2. The summed E-state index contributed by atoms with van der Waals surface area (Å²) in [6.45, 7) is 0. The minimum atomic E-state index is -0.0727. The second kappa shape index (κ2) is 3.08. The first-order valence-corrected chi connectivity index (χ1v) is 5.08. The van der Waals surface area contributed by atoms with Gasteiger partial charge in [0.05, 0.1) is 11.4 Å². The van der Waals surface area contributed by atoms with Gasteiger partial charge in [0.2, 0.25) is 0 Å². The monoisotopic (exact) mass is 201 g/mol. The second-order valence-electron chi connectivity index (χ2n) is 3.87. The molecule has 1 fully saturated rings. The molecule has 1 saturated carbocycles. The van der Waals surface area contributed by atoms with Crippen LogP contribution in [0.15, 0.2) is 29.2 Å². The number of nitrogens with one attached hydrogen (secondary N) is 2. The molecule has 0 amide bonds. The average molecular weight is 201 g/mol. The minimum absolute atomic E-state index is 0.0727. The van der Waals surface area contributed by atoms with Gasteiger partial charge in [0.15, 0.2) is 0 Å². The summed E-state index contributed by atoms with van der Waals surface area (Å²) < 4.78 is 0. The summed E-state index contributed by atoms with van der Waals surface area (Å²) in [4.78, 5) is 21.7. The van der Waals surface area contributed by atoms with Crippen LogP contribution in [0.1, 0.15) is 24.6 Å². The standard InChI is InChI=1S/C11H11N3O/c15-10-6-9(8-2-1-5-12-8)13-11(14-10)7-3-4-7/h1-2,5-7,12H,3-4H2,(H,13,14,15). The number of hydrogen-bond donors (Lipinski definition) is 2. The molecule has 2 heterocycles. The molecule has 0 bridgehead atoms. The first-order valence-electron chi connectivity index (χ1n) is 5.08. The van der Waals surface area contributed by atoms with Crippen LogP contribution in [0.3, 0.4) is 0 Å². The topological polar surface area (TPSA) is 61.5 Å². The molecule has 0 atom stereocenters. The van der Waals surface area contributed by atoms with Crippen molar-refractivity contribution in [3.8, 4) is 11.4 Å². The highest BCUT2D eigenvalue weighted by molar-refractivity contribution is 5.53. The highest BCUT2D eigenvalue weighted by Gasteiger charge is 2.26. The number of aromatic nitrogens is 3. The van der Waals surface area contributed by atoms with Crippen LogP contribution in [0, 0.1) is 0 Å². The predicted octanol–water partition coefficient (Wildman–Crippen LogP) is 1.64. The molecule has 0 unspecified atom stereocenters. The fourth-order valence-corrected chi connectivity index (χ4v) is 1.65. The Morgan fingerprint density at radius 2 is 2.27 bits per heavy atom. The van der Waals surface area contributed by atoms with Crippen molar-refractivity contribution >= 4 is 0 Å². The average Bonchev–Trinajstić information content (AvgIpc) is 2.93. The Labute approximate surface area is 86.4 Å². The van der Waals surface area contributed by atoms with Crippen LogP contribution in [-0.2, 0) is 0 Å². The zero-order valence-corrected chi connectivity index (χ0v) is 8.16. The van der Waals surface area contributed by atoms with Crippen molar-refractivity contribution in [1.82, 2.24) is 15.0 Å². The Morgan fingerprint density at radius 3 is 2.93 bits per heavy atom. The number of rotatable bonds is 2. The molecule has 0 radical (unpaired) electrons. The van der Waals surface area contributed by atoms with E-state index in [0.717, 1.165) is 30.1 Å². The van der Waals surface area contributed by atoms with Gasteiger partial charge in [-0.2, -0.15) is 0 Å². The van der Waals surface area contributed by atoms with E-state index in [-0.39, 0.29) is 5.56 Å². The van der Waals surface area contributed by atoms with Gasteiger partial charge in [-0.05, 0) is 25.0 Å². The maximum absolute atomic E-state index is 11.4. The molecule has 2 N–H and O–H groups in total. The van der Waals surface area contributed by atoms with E-state index in [9.17, 15) is 4.79 Å². The molecule has 4 nitrogen and oxygen atoms in total. The van der Waals surface area contributed by atoms with Crippen molar-refractivity contribution in [3.63, 3.8) is 0 Å². The van der Waals surface area contributed by atoms with Gasteiger partial charge >= 0.3 is 0 Å². The van der Waals surface area contributed by atoms with Crippen LogP contribution >= 0.6 is 0 Å². The zero-order valence-electron chi connectivity index (χ0n) is 8.16. The third-order valence-corrected chi connectivity index (χ3v) is 2.60. The molecule has 0 spiro atoms. The summed E-state index contributed by atoms with van der Waals surface area (Å²) >= 11 is 0. The molecule has 1 aliphatic carbocycles. The molecular weight excluding hydrogens is 190 g/mol. The minimum Gasteiger partial charge on any atom is -0.360 e. The highest BCUT2D eigenvalue weighted by Crippen LogP contribution is 2.37. The molecule has 4 heteroatoms. The summed E-state index contributed by atoms with van der Waals surface area (Å²) in [5.74, 6) is 1.29. The fourth-order valence-electron chi connectivity index (χ4n) is 1.65. The second-order valence-corrected chi connectivity index (χ2v) is 3.87. The molecule has 1 aliphatic rings. The van der Waals surface area contributed by atoms with E-state index in [1.165, 1.54) is 6.07 Å². The smallest absolute Gasteiger partial charge is 0.251 e. The van der Waals surface area contributed by atoms with E-state index < -0.39 is 0 Å². The van der Waals surface area contributed by atoms with Gasteiger partial charge in [0.1, 0.15) is 5.82 Å². The van der Waals surface area contributed by atoms with E-state index in [1.54, 1.807) is 0 Å². The van der Waals surface area contributed by atoms with Crippen LogP contribution in [0.25, 0.3) is 11.4 Å². The largest absolute Gasteiger partial charge is 0.360 e. The van der Waals surface area contributed by atoms with Crippen molar-refractivity contribution in [3.05, 3.63) is 40.6 Å². The number of aromatic amines is 2. The lowest BCUT2D eigenvalue weighted by Crippen LogP contribution is -2.10. The van der Waals surface area contributed by atoms with E-state index in [2.05, 4.69) is 15.0 Å². The first kappa shape index (κ1) is 8.47. The van der Waals surface area contributed by atoms with E-state index >= 15 is 0 Å². The van der Waals surface area contributed by atoms with Crippen LogP contribution < -0.4 is 5.56 Å². The molecule has 76 valence electrons. The number of nitrogens with zero attached hydrogens (tertiary/aromatic N) is 1. The quantitative estimate of drug-likeness (QED) is 0.775. The third-order valence-electron chi connectivity index (χ3n) is 2.60. The normalized spacial score (nSPS) is 15.5. The van der Waals surface area contributed by atoms with Crippen LogP contribution in [-0.4, -0.2) is 15.0 Å². The fraction of sp³-hybridized carbons (Fsp3) is 0.273. The van der Waals surface area contributed by atoms with Gasteiger partial charge in [-0.1, -0.05) is 0 Å². The summed E-state index contributed by atoms with van der Waals surface area (Å²) in [5, 5.41) is 0. The summed E-state index contributed by atoms with van der Waals surface area (Å²) in [7, 11) is 0. The lowest BCUT2D eigenvalue weighted by Gasteiger charge is -2.00. The maximum Gasteiger partial charge on any atom is 0.251 e. The molecular formula is C11H11N3O. The van der Waals surface area contributed by atoms with Gasteiger partial charge in [0, 0.05) is 18.2 Å². The lowest BCUT2D eigenvalue weighted by molar-refractivity contribution is 0.910. The lowest BCUT2D eigenvalue weighted by atomic mass is 10.3. The van der Waals surface area contributed by atoms with Gasteiger partial charge in [0.25, 0.3) is 5.56 Å². The van der Waals surface area contributed by atoms with Crippen LogP contribution in [0.4, 0.5) is 0 Å². The van der Waals surface area contributed by atoms with Crippen molar-refractivity contribution in [1.29, 1.82) is 0 Å². The SMILES string of the molecule is O=c1cc(-c2ccc[nH]2)nc(C2CC2)[nH]1. The van der Waals surface area contributed by atoms with Gasteiger partial charge in [-0.3, -0.25) is 4.79 Å². The zero-order chi connectivity index (χ0) is 10.3. The molecule has 0 saturated heterocycles. The van der Waals surface area contributed by atoms with Crippen molar-refractivity contribution < 1.29 is 0 Å². The Hall–Kier alpha value is -1.84. The number of hydrogen-bond acceptors (Lipinski definition) is 2. The van der Waals surface area contributed by atoms with E-state index in [1.807, 2.05) is 18.3 Å². The highest BCUT2D eigenvalue weighted by atomic mass is 16.1. The van der Waals surface area contributed by atoms with E-state index in [0.29, 0.717) is 5.92 Å². The Kier molecular flexibility index (Phi) is 1.74. The summed E-state index contributed by atoms with van der Waals surface area (Å²) in [6, 6.07) is 5.34. The molecule has 3 rings (SSSR count). The molecule has 0 aliphatic heterocycles. The van der Waals surface area contributed by atoms with Gasteiger partial charge < -0.3 is 9.97 Å². The first-order chi connectivity index (χ1) is 7.33. The van der Waals surface area contributed by atoms with E-state index in [4.69, 9.17) is 0 Å². The maximum atomic E-state index is 11.4. The Balaban J connectivity index is 2.11. The van der Waals surface area contributed by atoms with Gasteiger partial charge in [-0.15, -0.1) is 0 Å². The molecule has 2 aromatic heterocycles. The third kappa shape index (κ3) is 1.58. The van der Waals surface area contributed by atoms with Gasteiger partial charge in [-0.25, -0.2) is 4.98 Å². The van der Waals surface area contributed by atoms with Crippen molar-refractivity contribution in [2.75, 3.05) is 0 Å². The molecule has 15 heavy (non-hydrogen) atoms. The van der Waals surface area contributed by atoms with Crippen molar-refractivity contribution in [2.24, 2.45) is 0 Å². The Morgan fingerprint density at radius 1 is 1.40 bits per heavy atom. The Bertz CT molecular complexity index is 523. The predicted molar refractivity (Wildman–Crippen MR) is 56.6 cm³/mol. The van der Waals surface area contributed by atoms with Crippen LogP contribution in [0.5, 0.6) is 0 Å². The van der Waals surface area contributed by atoms with Crippen LogP contribution in [0.2, 0.25) is 0 Å². The van der Waals surface area contributed by atoms with Crippen molar-refractivity contribution in [2.45, 2.75) is 18.8 Å². The molecule has 2 aromatic rings.